The van der Waals surface area contributed by atoms with Crippen molar-refractivity contribution in [3.63, 3.8) is 0 Å². The van der Waals surface area contributed by atoms with Gasteiger partial charge < -0.3 is 10.6 Å². The highest BCUT2D eigenvalue weighted by atomic mass is 16.2. The number of nitrogens with one attached hydrogen (secondary N) is 2. The van der Waals surface area contributed by atoms with Crippen LogP contribution in [0.5, 0.6) is 0 Å². The van der Waals surface area contributed by atoms with E-state index in [1.807, 2.05) is 55.4 Å². The average Bonchev–Trinajstić information content (AvgIpc) is 2.33. The Morgan fingerprint density at radius 1 is 0.778 bits per heavy atom. The molecule has 18 heavy (non-hydrogen) atoms. The molecule has 0 aromatic heterocycles. The highest BCUT2D eigenvalue weighted by molar-refractivity contribution is 5.78. The first-order valence-corrected chi connectivity index (χ1v) is 6.92. The summed E-state index contributed by atoms with van der Waals surface area (Å²) in [6.07, 6.45) is 0. The van der Waals surface area contributed by atoms with E-state index in [2.05, 4.69) is 10.6 Å². The van der Waals surface area contributed by atoms with Gasteiger partial charge in [-0.05, 0) is 13.8 Å². The molecule has 110 valence electrons. The van der Waals surface area contributed by atoms with Crippen LogP contribution in [0.1, 0.15) is 55.4 Å². The van der Waals surface area contributed by atoms with E-state index in [0.717, 1.165) is 13.1 Å². The van der Waals surface area contributed by atoms with Crippen molar-refractivity contribution in [2.45, 2.75) is 55.4 Å². The Bertz CT molecular complexity index is 180. The zero-order valence-electron chi connectivity index (χ0n) is 13.4. The fourth-order valence-electron chi connectivity index (χ4n) is 0.757. The predicted octanol–water partition coefficient (Wildman–Crippen LogP) is 2.58. The molecule has 0 atom stereocenters. The maximum absolute atomic E-state index is 10.6. The van der Waals surface area contributed by atoms with E-state index in [1.165, 1.54) is 0 Å². The monoisotopic (exact) mass is 260 g/mol. The molecule has 0 aliphatic rings. The first-order chi connectivity index (χ1) is 8.36. The number of amides is 2. The Morgan fingerprint density at radius 2 is 1.00 bits per heavy atom. The summed E-state index contributed by atoms with van der Waals surface area (Å²) >= 11 is 0. The third-order valence-electron chi connectivity index (χ3n) is 1.75. The maximum Gasteiger partial charge on any atom is 0.222 e. The smallest absolute Gasteiger partial charge is 0.222 e. The highest BCUT2D eigenvalue weighted by Gasteiger charge is 2.02. The van der Waals surface area contributed by atoms with Gasteiger partial charge >= 0.3 is 0 Å². The van der Waals surface area contributed by atoms with Crippen LogP contribution < -0.4 is 10.6 Å². The Labute approximate surface area is 113 Å². The van der Waals surface area contributed by atoms with E-state index in [9.17, 15) is 9.59 Å². The van der Waals surface area contributed by atoms with Gasteiger partial charge in [-0.1, -0.05) is 41.5 Å². The van der Waals surface area contributed by atoms with E-state index in [4.69, 9.17) is 0 Å². The molecule has 0 fully saturated rings. The molecule has 0 heterocycles. The Kier molecular flexibility index (Phi) is 19.6. The summed E-state index contributed by atoms with van der Waals surface area (Å²) in [5.41, 5.74) is 0. The quantitative estimate of drug-likeness (QED) is 0.816. The topological polar surface area (TPSA) is 58.2 Å². The molecule has 0 rings (SSSR count). The van der Waals surface area contributed by atoms with Crippen LogP contribution >= 0.6 is 0 Å². The number of hydrogen-bond acceptors (Lipinski definition) is 2. The van der Waals surface area contributed by atoms with Crippen molar-refractivity contribution in [1.82, 2.24) is 10.6 Å². The molecule has 0 aliphatic carbocycles. The largest absolute Gasteiger partial charge is 0.356 e. The second kappa shape index (κ2) is 15.9. The molecule has 4 nitrogen and oxygen atoms in total. The van der Waals surface area contributed by atoms with Crippen molar-refractivity contribution in [3.8, 4) is 0 Å². The molecule has 0 aromatic rings. The minimum atomic E-state index is 0.120. The van der Waals surface area contributed by atoms with Crippen molar-refractivity contribution < 1.29 is 9.59 Å². The van der Waals surface area contributed by atoms with E-state index in [0.29, 0.717) is 0 Å². The molecule has 4 heteroatoms. The summed E-state index contributed by atoms with van der Waals surface area (Å²) in [5.74, 6) is 0.505. The lowest BCUT2D eigenvalue weighted by molar-refractivity contribution is -0.124. The lowest BCUT2D eigenvalue weighted by atomic mass is 10.2. The van der Waals surface area contributed by atoms with Crippen molar-refractivity contribution in [2.75, 3.05) is 13.1 Å². The standard InChI is InChI=1S/2C6H13NO.C2H6/c2*1-4-7-6(8)5(2)3;1-2/h2*5H,4H2,1-3H3,(H,7,8);1-2H3. The fourth-order valence-corrected chi connectivity index (χ4v) is 0.757. The molecule has 0 saturated heterocycles. The summed E-state index contributed by atoms with van der Waals surface area (Å²) in [7, 11) is 0. The summed E-state index contributed by atoms with van der Waals surface area (Å²) in [6.45, 7) is 16.8. The molecule has 0 bridgehead atoms. The first kappa shape index (κ1) is 22.1. The van der Waals surface area contributed by atoms with E-state index in [-0.39, 0.29) is 23.7 Å². The van der Waals surface area contributed by atoms with Gasteiger partial charge in [0, 0.05) is 24.9 Å². The van der Waals surface area contributed by atoms with E-state index in [1.54, 1.807) is 0 Å². The normalized spacial score (nSPS) is 8.78. The minimum absolute atomic E-state index is 0.120. The van der Waals surface area contributed by atoms with Crippen LogP contribution in [-0.4, -0.2) is 24.9 Å². The number of carbonyl (C=O) groups is 2. The molecule has 2 N–H and O–H groups in total. The van der Waals surface area contributed by atoms with Crippen molar-refractivity contribution in [2.24, 2.45) is 11.8 Å². The predicted molar refractivity (Wildman–Crippen MR) is 78.4 cm³/mol. The van der Waals surface area contributed by atoms with Gasteiger partial charge in [0.05, 0.1) is 0 Å². The number of rotatable bonds is 4. The van der Waals surface area contributed by atoms with Gasteiger partial charge in [-0.25, -0.2) is 0 Å². The fraction of sp³-hybridized carbons (Fsp3) is 0.857. The second-order valence-electron chi connectivity index (χ2n) is 4.10. The van der Waals surface area contributed by atoms with Crippen LogP contribution in [0.3, 0.4) is 0 Å². The van der Waals surface area contributed by atoms with Crippen LogP contribution in [0.15, 0.2) is 0 Å². The summed E-state index contributed by atoms with van der Waals surface area (Å²) in [4.78, 5) is 21.3. The van der Waals surface area contributed by atoms with E-state index < -0.39 is 0 Å². The number of carbonyl (C=O) groups excluding carboxylic acids is 2. The molecule has 0 aliphatic heterocycles. The Hall–Kier alpha value is -1.06. The van der Waals surface area contributed by atoms with Crippen molar-refractivity contribution in [3.05, 3.63) is 0 Å². The van der Waals surface area contributed by atoms with Crippen molar-refractivity contribution >= 4 is 11.8 Å². The molecule has 2 amide bonds. The lowest BCUT2D eigenvalue weighted by Crippen LogP contribution is -2.26. The van der Waals surface area contributed by atoms with Crippen LogP contribution in [0.4, 0.5) is 0 Å². The second-order valence-corrected chi connectivity index (χ2v) is 4.10. The van der Waals surface area contributed by atoms with Crippen LogP contribution in [0, 0.1) is 11.8 Å². The SMILES string of the molecule is CC.CCNC(=O)C(C)C.CCNC(=O)C(C)C. The van der Waals surface area contributed by atoms with Gasteiger partial charge in [0.1, 0.15) is 0 Å². The summed E-state index contributed by atoms with van der Waals surface area (Å²) in [5, 5.41) is 5.41. The van der Waals surface area contributed by atoms with Crippen LogP contribution in [-0.2, 0) is 9.59 Å². The maximum atomic E-state index is 10.6. The van der Waals surface area contributed by atoms with Gasteiger partial charge in [-0.15, -0.1) is 0 Å². The first-order valence-electron chi connectivity index (χ1n) is 6.92. The third-order valence-corrected chi connectivity index (χ3v) is 1.75. The molecule has 0 saturated carbocycles. The molecule has 0 unspecified atom stereocenters. The van der Waals surface area contributed by atoms with Gasteiger partial charge in [0.2, 0.25) is 11.8 Å². The van der Waals surface area contributed by atoms with Gasteiger partial charge in [-0.3, -0.25) is 9.59 Å². The molecule has 0 spiro atoms. The zero-order chi connectivity index (χ0) is 15.1. The third kappa shape index (κ3) is 17.3. The minimum Gasteiger partial charge on any atom is -0.356 e. The van der Waals surface area contributed by atoms with Crippen LogP contribution in [0.25, 0.3) is 0 Å². The number of hydrogen-bond donors (Lipinski definition) is 2. The van der Waals surface area contributed by atoms with Crippen molar-refractivity contribution in [1.29, 1.82) is 0 Å². The molecule has 0 radical (unpaired) electrons. The highest BCUT2D eigenvalue weighted by Crippen LogP contribution is 1.89. The summed E-state index contributed by atoms with van der Waals surface area (Å²) in [6, 6.07) is 0. The van der Waals surface area contributed by atoms with Gasteiger partial charge in [0.15, 0.2) is 0 Å². The van der Waals surface area contributed by atoms with E-state index >= 15 is 0 Å². The summed E-state index contributed by atoms with van der Waals surface area (Å²) < 4.78 is 0. The Morgan fingerprint density at radius 3 is 1.06 bits per heavy atom. The molecular weight excluding hydrogens is 228 g/mol. The lowest BCUT2D eigenvalue weighted by Gasteiger charge is -2.02. The average molecular weight is 260 g/mol. The van der Waals surface area contributed by atoms with Crippen LogP contribution in [0.2, 0.25) is 0 Å². The zero-order valence-corrected chi connectivity index (χ0v) is 13.4. The van der Waals surface area contributed by atoms with Gasteiger partial charge in [-0.2, -0.15) is 0 Å². The Balaban J connectivity index is -0.000000219. The molecule has 0 aromatic carbocycles. The molecular formula is C14H32N2O2. The van der Waals surface area contributed by atoms with Gasteiger partial charge in [0.25, 0.3) is 0 Å².